The molecule has 0 spiro atoms. The number of piperidine rings is 1. The predicted molar refractivity (Wildman–Crippen MR) is 95.8 cm³/mol. The molecule has 1 aliphatic rings. The molecule has 1 aromatic rings. The van der Waals surface area contributed by atoms with E-state index < -0.39 is 29.4 Å². The van der Waals surface area contributed by atoms with Crippen molar-refractivity contribution in [3.63, 3.8) is 0 Å². The van der Waals surface area contributed by atoms with E-state index in [4.69, 9.17) is 5.73 Å². The van der Waals surface area contributed by atoms with Crippen LogP contribution in [0.15, 0.2) is 18.2 Å². The molecule has 1 aromatic carbocycles. The van der Waals surface area contributed by atoms with E-state index in [1.54, 1.807) is 4.90 Å². The lowest BCUT2D eigenvalue weighted by Crippen LogP contribution is -2.49. The van der Waals surface area contributed by atoms with Crippen molar-refractivity contribution in [1.82, 2.24) is 10.2 Å². The summed E-state index contributed by atoms with van der Waals surface area (Å²) in [5.41, 5.74) is 5.47. The van der Waals surface area contributed by atoms with Gasteiger partial charge in [-0.3, -0.25) is 14.4 Å². The van der Waals surface area contributed by atoms with Gasteiger partial charge in [-0.15, -0.1) is 0 Å². The molecule has 0 aromatic heterocycles. The summed E-state index contributed by atoms with van der Waals surface area (Å²) in [7, 11) is 0. The van der Waals surface area contributed by atoms with Crippen molar-refractivity contribution in [2.24, 2.45) is 17.6 Å². The minimum absolute atomic E-state index is 0.0370. The molecule has 2 amide bonds. The van der Waals surface area contributed by atoms with Crippen LogP contribution >= 0.6 is 0 Å². The van der Waals surface area contributed by atoms with Gasteiger partial charge in [-0.2, -0.15) is 0 Å². The normalized spacial score (nSPS) is 16.3. The molecule has 0 aliphatic carbocycles. The number of nitrogens with one attached hydrogen (secondary N) is 1. The molecular formula is C19H25F2N3O3. The number of benzene rings is 1. The van der Waals surface area contributed by atoms with Gasteiger partial charge in [0.1, 0.15) is 11.6 Å². The molecule has 27 heavy (non-hydrogen) atoms. The maximum Gasteiger partial charge on any atom is 0.241 e. The Morgan fingerprint density at radius 1 is 1.22 bits per heavy atom. The van der Waals surface area contributed by atoms with Crippen molar-refractivity contribution in [1.29, 1.82) is 0 Å². The zero-order chi connectivity index (χ0) is 20.1. The average molecular weight is 381 g/mol. The van der Waals surface area contributed by atoms with Gasteiger partial charge in [0.05, 0.1) is 18.2 Å². The Kier molecular flexibility index (Phi) is 7.01. The fourth-order valence-corrected chi connectivity index (χ4v) is 2.99. The molecule has 1 aliphatic heterocycles. The van der Waals surface area contributed by atoms with E-state index in [1.807, 2.05) is 13.8 Å². The van der Waals surface area contributed by atoms with E-state index >= 15 is 0 Å². The summed E-state index contributed by atoms with van der Waals surface area (Å²) in [6.45, 7) is 4.11. The van der Waals surface area contributed by atoms with Gasteiger partial charge in [-0.25, -0.2) is 8.78 Å². The van der Waals surface area contributed by atoms with Crippen molar-refractivity contribution in [3.05, 3.63) is 35.4 Å². The van der Waals surface area contributed by atoms with E-state index in [0.717, 1.165) is 18.2 Å². The molecule has 148 valence electrons. The molecule has 1 saturated heterocycles. The molecule has 1 atom stereocenters. The molecular weight excluding hydrogens is 356 g/mol. The van der Waals surface area contributed by atoms with E-state index in [1.165, 1.54) is 0 Å². The monoisotopic (exact) mass is 381 g/mol. The number of carbonyl (C=O) groups excluding carboxylic acids is 3. The summed E-state index contributed by atoms with van der Waals surface area (Å²) in [6.07, 6.45) is 0.722. The zero-order valence-corrected chi connectivity index (χ0v) is 15.5. The van der Waals surface area contributed by atoms with E-state index in [9.17, 15) is 23.2 Å². The number of hydrogen-bond acceptors (Lipinski definition) is 4. The summed E-state index contributed by atoms with van der Waals surface area (Å²) in [5.74, 6) is -3.01. The second-order valence-corrected chi connectivity index (χ2v) is 7.13. The van der Waals surface area contributed by atoms with Gasteiger partial charge in [-0.05, 0) is 37.0 Å². The fraction of sp³-hybridized carbons (Fsp3) is 0.526. The van der Waals surface area contributed by atoms with Gasteiger partial charge in [0.2, 0.25) is 11.8 Å². The highest BCUT2D eigenvalue weighted by Crippen LogP contribution is 2.23. The van der Waals surface area contributed by atoms with Crippen LogP contribution in [0.25, 0.3) is 0 Å². The Hall–Kier alpha value is -2.35. The predicted octanol–water partition coefficient (Wildman–Crippen LogP) is 1.49. The van der Waals surface area contributed by atoms with Crippen LogP contribution in [0.4, 0.5) is 8.78 Å². The number of carbonyl (C=O) groups is 3. The fourth-order valence-electron chi connectivity index (χ4n) is 2.99. The largest absolute Gasteiger partial charge is 0.346 e. The molecule has 6 nitrogen and oxygen atoms in total. The molecule has 1 heterocycles. The van der Waals surface area contributed by atoms with Gasteiger partial charge < -0.3 is 16.0 Å². The number of halogens is 2. The van der Waals surface area contributed by atoms with Crippen LogP contribution in [0, 0.1) is 23.5 Å². The lowest BCUT2D eigenvalue weighted by atomic mass is 9.88. The number of amides is 2. The smallest absolute Gasteiger partial charge is 0.241 e. The average Bonchev–Trinajstić information content (AvgIpc) is 2.66. The number of nitrogens with zero attached hydrogens (tertiary/aromatic N) is 1. The van der Waals surface area contributed by atoms with Crippen LogP contribution in [0.2, 0.25) is 0 Å². The van der Waals surface area contributed by atoms with Crippen molar-refractivity contribution < 1.29 is 23.2 Å². The second kappa shape index (κ2) is 9.03. The summed E-state index contributed by atoms with van der Waals surface area (Å²) >= 11 is 0. The number of nitrogens with two attached hydrogens (primary N) is 1. The highest BCUT2D eigenvalue weighted by Gasteiger charge is 2.29. The topological polar surface area (TPSA) is 92.5 Å². The highest BCUT2D eigenvalue weighted by atomic mass is 19.1. The third-order valence-corrected chi connectivity index (χ3v) is 4.85. The Bertz CT molecular complexity index is 716. The van der Waals surface area contributed by atoms with Crippen molar-refractivity contribution in [2.45, 2.75) is 32.7 Å². The second-order valence-electron chi connectivity index (χ2n) is 7.13. The van der Waals surface area contributed by atoms with Gasteiger partial charge >= 0.3 is 0 Å². The maximum atomic E-state index is 13.8. The third kappa shape index (κ3) is 5.32. The summed E-state index contributed by atoms with van der Waals surface area (Å²) in [4.78, 5) is 38.0. The Labute approximate surface area is 157 Å². The van der Waals surface area contributed by atoms with Crippen molar-refractivity contribution in [3.8, 4) is 0 Å². The Balaban J connectivity index is 1.86. The summed E-state index contributed by atoms with van der Waals surface area (Å²) in [5, 5.41) is 2.52. The minimum Gasteiger partial charge on any atom is -0.346 e. The number of hydrogen-bond donors (Lipinski definition) is 2. The molecule has 0 bridgehead atoms. The lowest BCUT2D eigenvalue weighted by Gasteiger charge is -2.31. The van der Waals surface area contributed by atoms with Crippen LogP contribution in [0.3, 0.4) is 0 Å². The SMILES string of the molecule is CC(C)[C@H](N)C(=O)NCC(=O)N1CCC(C(=O)c2cc(F)ccc2F)CC1. The number of likely N-dealkylation sites (tertiary alicyclic amines) is 1. The standard InChI is InChI=1S/C19H25F2N3O3/c1-11(2)17(22)19(27)23-10-16(25)24-7-5-12(6-8-24)18(26)14-9-13(20)3-4-15(14)21/h3-4,9,11-12,17H,5-8,10,22H2,1-2H3,(H,23,27)/t17-/m0/s1. The van der Waals surface area contributed by atoms with Crippen molar-refractivity contribution >= 4 is 17.6 Å². The van der Waals surface area contributed by atoms with Gasteiger partial charge in [0, 0.05) is 19.0 Å². The maximum absolute atomic E-state index is 13.8. The Morgan fingerprint density at radius 2 is 1.85 bits per heavy atom. The molecule has 0 saturated carbocycles. The van der Waals surface area contributed by atoms with E-state index in [2.05, 4.69) is 5.32 Å². The van der Waals surface area contributed by atoms with Crippen LogP contribution in [-0.2, 0) is 9.59 Å². The highest BCUT2D eigenvalue weighted by molar-refractivity contribution is 5.98. The molecule has 2 rings (SSSR count). The molecule has 0 unspecified atom stereocenters. The summed E-state index contributed by atoms with van der Waals surface area (Å²) in [6, 6.07) is 2.13. The third-order valence-electron chi connectivity index (χ3n) is 4.85. The molecule has 8 heteroatoms. The van der Waals surface area contributed by atoms with Crippen LogP contribution in [0.5, 0.6) is 0 Å². The quantitative estimate of drug-likeness (QED) is 0.730. The van der Waals surface area contributed by atoms with Gasteiger partial charge in [-0.1, -0.05) is 13.8 Å². The first-order valence-electron chi connectivity index (χ1n) is 9.01. The van der Waals surface area contributed by atoms with Crippen LogP contribution in [0.1, 0.15) is 37.0 Å². The van der Waals surface area contributed by atoms with E-state index in [0.29, 0.717) is 25.9 Å². The minimum atomic E-state index is -0.746. The number of rotatable bonds is 6. The summed E-state index contributed by atoms with van der Waals surface area (Å²) < 4.78 is 27.1. The lowest BCUT2D eigenvalue weighted by molar-refractivity contribution is -0.134. The molecule has 0 radical (unpaired) electrons. The number of Topliss-reactive ketones (excluding diaryl/α,β-unsaturated/α-hetero) is 1. The zero-order valence-electron chi connectivity index (χ0n) is 15.5. The first kappa shape index (κ1) is 21.0. The van der Waals surface area contributed by atoms with E-state index in [-0.39, 0.29) is 29.8 Å². The molecule has 3 N–H and O–H groups in total. The van der Waals surface area contributed by atoms with Crippen LogP contribution < -0.4 is 11.1 Å². The van der Waals surface area contributed by atoms with Crippen molar-refractivity contribution in [2.75, 3.05) is 19.6 Å². The van der Waals surface area contributed by atoms with Gasteiger partial charge in [0.25, 0.3) is 0 Å². The first-order chi connectivity index (χ1) is 12.7. The van der Waals surface area contributed by atoms with Gasteiger partial charge in [0.15, 0.2) is 5.78 Å². The Morgan fingerprint density at radius 3 is 2.44 bits per heavy atom. The number of ketones is 1. The van der Waals surface area contributed by atoms with Crippen LogP contribution in [-0.4, -0.2) is 48.2 Å². The molecule has 1 fully saturated rings. The first-order valence-corrected chi connectivity index (χ1v) is 9.01.